The quantitative estimate of drug-likeness (QED) is 0.320. The van der Waals surface area contributed by atoms with Crippen LogP contribution >= 0.6 is 0 Å². The Labute approximate surface area is 198 Å². The van der Waals surface area contributed by atoms with E-state index in [2.05, 4.69) is 23.8 Å². The van der Waals surface area contributed by atoms with E-state index in [1.165, 1.54) is 4.90 Å². The molecule has 4 rings (SSSR count). The number of carbonyl (C=O) groups excluding carboxylic acids is 2. The molecule has 0 radical (unpaired) electrons. The summed E-state index contributed by atoms with van der Waals surface area (Å²) in [5, 5.41) is 11.3. The van der Waals surface area contributed by atoms with E-state index in [0.717, 1.165) is 11.1 Å². The first-order valence-corrected chi connectivity index (χ1v) is 11.2. The van der Waals surface area contributed by atoms with Crippen LogP contribution < -0.4 is 4.74 Å². The van der Waals surface area contributed by atoms with Crippen LogP contribution in [0.25, 0.3) is 5.76 Å². The van der Waals surface area contributed by atoms with Gasteiger partial charge in [0.05, 0.1) is 18.2 Å². The number of aromatic nitrogens is 2. The van der Waals surface area contributed by atoms with Gasteiger partial charge >= 0.3 is 0 Å². The van der Waals surface area contributed by atoms with Gasteiger partial charge in [-0.05, 0) is 59.9 Å². The number of carbonyl (C=O) groups is 2. The summed E-state index contributed by atoms with van der Waals surface area (Å²) in [4.78, 5) is 36.0. The molecular formula is C27H27N3O4. The molecule has 7 heteroatoms. The van der Waals surface area contributed by atoms with Crippen LogP contribution in [0.15, 0.2) is 72.8 Å². The van der Waals surface area contributed by atoms with Crippen LogP contribution in [0.4, 0.5) is 0 Å². The Bertz CT molecular complexity index is 1220. The van der Waals surface area contributed by atoms with Crippen molar-refractivity contribution in [3.63, 3.8) is 0 Å². The number of aryl methyl sites for hydroxylation is 1. The molecule has 0 bridgehead atoms. The zero-order valence-electron chi connectivity index (χ0n) is 19.4. The van der Waals surface area contributed by atoms with Crippen molar-refractivity contribution in [2.75, 3.05) is 6.61 Å². The summed E-state index contributed by atoms with van der Waals surface area (Å²) in [6, 6.07) is 11.7. The van der Waals surface area contributed by atoms with E-state index < -0.39 is 17.7 Å². The second kappa shape index (κ2) is 9.87. The SMILES string of the molecule is Cc1cc(OCC(C)C)ccc1/C(O)=C1/C(=O)C(=O)N(Cc2cccnc2)C1c1cccnc1. The van der Waals surface area contributed by atoms with Gasteiger partial charge in [-0.15, -0.1) is 0 Å². The van der Waals surface area contributed by atoms with Crippen molar-refractivity contribution < 1.29 is 19.4 Å². The normalized spacial score (nSPS) is 17.4. The van der Waals surface area contributed by atoms with Gasteiger partial charge in [-0.1, -0.05) is 26.0 Å². The van der Waals surface area contributed by atoms with Crippen molar-refractivity contribution in [1.29, 1.82) is 0 Å². The van der Waals surface area contributed by atoms with Crippen molar-refractivity contribution >= 4 is 17.4 Å². The maximum atomic E-state index is 13.2. The maximum Gasteiger partial charge on any atom is 0.295 e. The Hall–Kier alpha value is -4.00. The number of aliphatic hydroxyl groups is 1. The lowest BCUT2D eigenvalue weighted by atomic mass is 9.94. The van der Waals surface area contributed by atoms with E-state index in [9.17, 15) is 14.7 Å². The van der Waals surface area contributed by atoms with E-state index in [1.807, 2.05) is 19.1 Å². The van der Waals surface area contributed by atoms with E-state index >= 15 is 0 Å². The van der Waals surface area contributed by atoms with Crippen LogP contribution in [-0.4, -0.2) is 38.3 Å². The molecule has 1 fully saturated rings. The van der Waals surface area contributed by atoms with Crippen molar-refractivity contribution in [2.45, 2.75) is 33.4 Å². The molecule has 34 heavy (non-hydrogen) atoms. The topological polar surface area (TPSA) is 92.6 Å². The number of hydrogen-bond donors (Lipinski definition) is 1. The Morgan fingerprint density at radius 1 is 1.09 bits per heavy atom. The summed E-state index contributed by atoms with van der Waals surface area (Å²) in [5.74, 6) is -0.551. The van der Waals surface area contributed by atoms with Gasteiger partial charge in [0.2, 0.25) is 0 Å². The summed E-state index contributed by atoms with van der Waals surface area (Å²) in [6.45, 7) is 6.72. The third kappa shape index (κ3) is 4.69. The first-order chi connectivity index (χ1) is 16.4. The minimum Gasteiger partial charge on any atom is -0.507 e. The molecule has 7 nitrogen and oxygen atoms in total. The highest BCUT2D eigenvalue weighted by atomic mass is 16.5. The van der Waals surface area contributed by atoms with Gasteiger partial charge in [0.1, 0.15) is 11.5 Å². The van der Waals surface area contributed by atoms with E-state index in [4.69, 9.17) is 4.74 Å². The standard InChI is InChI=1S/C27H27N3O4/c1-17(2)16-34-21-8-9-22(18(3)12-21)25(31)23-24(20-7-5-11-29-14-20)30(27(33)26(23)32)15-19-6-4-10-28-13-19/h4-14,17,24,31H,15-16H2,1-3H3/b25-23-. The maximum absolute atomic E-state index is 13.2. The van der Waals surface area contributed by atoms with Gasteiger partial charge in [0.25, 0.3) is 11.7 Å². The highest BCUT2D eigenvalue weighted by Crippen LogP contribution is 2.40. The monoisotopic (exact) mass is 457 g/mol. The second-order valence-electron chi connectivity index (χ2n) is 8.76. The van der Waals surface area contributed by atoms with Crippen LogP contribution in [-0.2, 0) is 16.1 Å². The average Bonchev–Trinajstić information content (AvgIpc) is 3.08. The van der Waals surface area contributed by atoms with E-state index in [0.29, 0.717) is 29.4 Å². The molecule has 1 aromatic carbocycles. The number of ether oxygens (including phenoxy) is 1. The van der Waals surface area contributed by atoms with Crippen molar-refractivity contribution in [3.8, 4) is 5.75 Å². The van der Waals surface area contributed by atoms with E-state index in [-0.39, 0.29) is 17.9 Å². The summed E-state index contributed by atoms with van der Waals surface area (Å²) in [6.07, 6.45) is 6.53. The fourth-order valence-electron chi connectivity index (χ4n) is 4.02. The molecule has 1 atom stereocenters. The molecule has 3 aromatic rings. The molecule has 0 saturated carbocycles. The van der Waals surface area contributed by atoms with Gasteiger partial charge < -0.3 is 14.7 Å². The Balaban J connectivity index is 1.78. The molecule has 174 valence electrons. The first kappa shape index (κ1) is 23.2. The third-order valence-electron chi connectivity index (χ3n) is 5.65. The van der Waals surface area contributed by atoms with Crippen molar-refractivity contribution in [3.05, 3.63) is 95.1 Å². The molecule has 0 spiro atoms. The lowest BCUT2D eigenvalue weighted by Gasteiger charge is -2.25. The predicted molar refractivity (Wildman–Crippen MR) is 128 cm³/mol. The molecule has 2 aromatic heterocycles. The fraction of sp³-hybridized carbons (Fsp3) is 0.259. The number of likely N-dealkylation sites (tertiary alicyclic amines) is 1. The highest BCUT2D eigenvalue weighted by molar-refractivity contribution is 6.46. The first-order valence-electron chi connectivity index (χ1n) is 11.2. The van der Waals surface area contributed by atoms with Crippen molar-refractivity contribution in [2.24, 2.45) is 5.92 Å². The Morgan fingerprint density at radius 2 is 1.82 bits per heavy atom. The van der Waals surface area contributed by atoms with Crippen LogP contribution in [0, 0.1) is 12.8 Å². The summed E-state index contributed by atoms with van der Waals surface area (Å²) in [5.41, 5.74) is 2.68. The molecule has 1 amide bonds. The average molecular weight is 458 g/mol. The summed E-state index contributed by atoms with van der Waals surface area (Å²) >= 11 is 0. The number of hydrogen-bond acceptors (Lipinski definition) is 6. The van der Waals surface area contributed by atoms with Crippen LogP contribution in [0.2, 0.25) is 0 Å². The van der Waals surface area contributed by atoms with Crippen LogP contribution in [0.5, 0.6) is 5.75 Å². The predicted octanol–water partition coefficient (Wildman–Crippen LogP) is 4.44. The van der Waals surface area contributed by atoms with E-state index in [1.54, 1.807) is 55.1 Å². The van der Waals surface area contributed by atoms with Crippen molar-refractivity contribution in [1.82, 2.24) is 14.9 Å². The zero-order chi connectivity index (χ0) is 24.2. The number of amides is 1. The number of pyridine rings is 2. The van der Waals surface area contributed by atoms with Gasteiger partial charge in [-0.25, -0.2) is 0 Å². The molecule has 3 heterocycles. The third-order valence-corrected chi connectivity index (χ3v) is 5.65. The summed E-state index contributed by atoms with van der Waals surface area (Å²) < 4.78 is 5.78. The summed E-state index contributed by atoms with van der Waals surface area (Å²) in [7, 11) is 0. The Kier molecular flexibility index (Phi) is 6.72. The van der Waals surface area contributed by atoms with Gasteiger partial charge in [-0.2, -0.15) is 0 Å². The zero-order valence-corrected chi connectivity index (χ0v) is 19.4. The molecule has 1 unspecified atom stereocenters. The number of nitrogens with zero attached hydrogens (tertiary/aromatic N) is 3. The van der Waals surface area contributed by atoms with Gasteiger partial charge in [0.15, 0.2) is 0 Å². The number of aliphatic hydroxyl groups excluding tert-OH is 1. The highest BCUT2D eigenvalue weighted by Gasteiger charge is 2.46. The largest absolute Gasteiger partial charge is 0.507 e. The molecule has 1 saturated heterocycles. The minimum atomic E-state index is -0.773. The number of rotatable bonds is 7. The van der Waals surface area contributed by atoms with Crippen LogP contribution in [0.1, 0.15) is 42.1 Å². The minimum absolute atomic E-state index is 0.0424. The number of Topliss-reactive ketones (excluding diaryl/α,β-unsaturated/α-hetero) is 1. The smallest absolute Gasteiger partial charge is 0.295 e. The number of ketones is 1. The van der Waals surface area contributed by atoms with Gasteiger partial charge in [-0.3, -0.25) is 19.6 Å². The van der Waals surface area contributed by atoms with Gasteiger partial charge in [0, 0.05) is 36.9 Å². The molecule has 1 aliphatic rings. The number of benzene rings is 1. The second-order valence-corrected chi connectivity index (χ2v) is 8.76. The van der Waals surface area contributed by atoms with Crippen LogP contribution in [0.3, 0.4) is 0 Å². The molecular weight excluding hydrogens is 430 g/mol. The lowest BCUT2D eigenvalue weighted by molar-refractivity contribution is -0.140. The fourth-order valence-corrected chi connectivity index (χ4v) is 4.02. The molecule has 0 aliphatic carbocycles. The molecule has 1 aliphatic heterocycles. The Morgan fingerprint density at radius 3 is 2.44 bits per heavy atom. The lowest BCUT2D eigenvalue weighted by Crippen LogP contribution is -2.29. The molecule has 1 N–H and O–H groups in total.